The van der Waals surface area contributed by atoms with E-state index >= 15 is 0 Å². The van der Waals surface area contributed by atoms with Gasteiger partial charge in [0.15, 0.2) is 0 Å². The molecule has 0 aromatic heterocycles. The summed E-state index contributed by atoms with van der Waals surface area (Å²) in [6.07, 6.45) is -1.76. The molecule has 1 nitrogen and oxygen atoms in total. The van der Waals surface area contributed by atoms with Crippen molar-refractivity contribution in [2.45, 2.75) is 25.4 Å². The summed E-state index contributed by atoms with van der Waals surface area (Å²) in [5, 5.41) is 9.62. The van der Waals surface area contributed by atoms with Gasteiger partial charge in [-0.2, -0.15) is 0 Å². The first-order chi connectivity index (χ1) is 6.39. The SMILES string of the molecule is CC(F)(F)C(O)Cc1cccc(Cl)c1. The highest BCUT2D eigenvalue weighted by atomic mass is 35.5. The fraction of sp³-hybridized carbons (Fsp3) is 0.400. The summed E-state index contributed by atoms with van der Waals surface area (Å²) in [6, 6.07) is 6.54. The van der Waals surface area contributed by atoms with Gasteiger partial charge >= 0.3 is 0 Å². The zero-order chi connectivity index (χ0) is 10.8. The molecule has 1 aromatic rings. The lowest BCUT2D eigenvalue weighted by Crippen LogP contribution is -2.31. The molecule has 1 rings (SSSR count). The number of rotatable bonds is 3. The van der Waals surface area contributed by atoms with E-state index in [9.17, 15) is 8.78 Å². The van der Waals surface area contributed by atoms with Crippen molar-refractivity contribution in [3.63, 3.8) is 0 Å². The molecule has 0 bridgehead atoms. The van der Waals surface area contributed by atoms with Gasteiger partial charge in [-0.05, 0) is 17.7 Å². The van der Waals surface area contributed by atoms with Crippen molar-refractivity contribution in [1.82, 2.24) is 0 Å². The maximum absolute atomic E-state index is 12.6. The summed E-state index contributed by atoms with van der Waals surface area (Å²) < 4.78 is 25.2. The fourth-order valence-corrected chi connectivity index (χ4v) is 1.28. The van der Waals surface area contributed by atoms with E-state index in [1.807, 2.05) is 0 Å². The van der Waals surface area contributed by atoms with Crippen LogP contribution >= 0.6 is 11.6 Å². The monoisotopic (exact) mass is 220 g/mol. The Kier molecular flexibility index (Phi) is 3.45. The van der Waals surface area contributed by atoms with Crippen molar-refractivity contribution in [1.29, 1.82) is 0 Å². The third-order valence-corrected chi connectivity index (χ3v) is 2.14. The smallest absolute Gasteiger partial charge is 0.271 e. The van der Waals surface area contributed by atoms with E-state index in [-0.39, 0.29) is 6.42 Å². The van der Waals surface area contributed by atoms with E-state index in [1.165, 1.54) is 0 Å². The zero-order valence-corrected chi connectivity index (χ0v) is 8.43. The molecule has 0 aliphatic heterocycles. The van der Waals surface area contributed by atoms with Gasteiger partial charge in [-0.3, -0.25) is 0 Å². The number of hydrogen-bond donors (Lipinski definition) is 1. The highest BCUT2D eigenvalue weighted by Gasteiger charge is 2.32. The van der Waals surface area contributed by atoms with Crippen molar-refractivity contribution in [3.05, 3.63) is 34.9 Å². The summed E-state index contributed by atoms with van der Waals surface area (Å²) in [6.45, 7) is 0.697. The molecule has 0 spiro atoms. The summed E-state index contributed by atoms with van der Waals surface area (Å²) in [5.41, 5.74) is 0.603. The lowest BCUT2D eigenvalue weighted by Gasteiger charge is -2.17. The molecule has 0 amide bonds. The average molecular weight is 221 g/mol. The Morgan fingerprint density at radius 1 is 1.50 bits per heavy atom. The Morgan fingerprint density at radius 3 is 2.64 bits per heavy atom. The van der Waals surface area contributed by atoms with Crippen LogP contribution in [-0.4, -0.2) is 17.1 Å². The molecule has 0 radical (unpaired) electrons. The van der Waals surface area contributed by atoms with E-state index in [2.05, 4.69) is 0 Å². The molecule has 1 N–H and O–H groups in total. The van der Waals surface area contributed by atoms with Gasteiger partial charge in [0.25, 0.3) is 5.92 Å². The van der Waals surface area contributed by atoms with Crippen LogP contribution in [0, 0.1) is 0 Å². The summed E-state index contributed by atoms with van der Waals surface area (Å²) in [5.74, 6) is -3.08. The highest BCUT2D eigenvalue weighted by molar-refractivity contribution is 6.30. The third-order valence-electron chi connectivity index (χ3n) is 1.90. The van der Waals surface area contributed by atoms with Gasteiger partial charge in [0, 0.05) is 18.4 Å². The van der Waals surface area contributed by atoms with Crippen LogP contribution in [0.1, 0.15) is 12.5 Å². The van der Waals surface area contributed by atoms with Gasteiger partial charge in [-0.25, -0.2) is 8.78 Å². The first-order valence-corrected chi connectivity index (χ1v) is 4.57. The molecular formula is C10H11ClF2O. The first-order valence-electron chi connectivity index (χ1n) is 4.20. The zero-order valence-electron chi connectivity index (χ0n) is 7.67. The van der Waals surface area contributed by atoms with Crippen LogP contribution in [0.3, 0.4) is 0 Å². The average Bonchev–Trinajstić information content (AvgIpc) is 2.02. The largest absolute Gasteiger partial charge is 0.387 e. The molecule has 0 aliphatic rings. The summed E-state index contributed by atoms with van der Waals surface area (Å²) in [7, 11) is 0. The normalized spacial score (nSPS) is 14.1. The van der Waals surface area contributed by atoms with E-state index < -0.39 is 12.0 Å². The summed E-state index contributed by atoms with van der Waals surface area (Å²) >= 11 is 5.67. The second-order valence-corrected chi connectivity index (χ2v) is 3.74. The Hall–Kier alpha value is -0.670. The number of benzene rings is 1. The van der Waals surface area contributed by atoms with Gasteiger partial charge in [0.2, 0.25) is 0 Å². The number of halogens is 3. The first kappa shape index (κ1) is 11.4. The van der Waals surface area contributed by atoms with Gasteiger partial charge in [-0.1, -0.05) is 23.7 Å². The Balaban J connectivity index is 2.70. The number of aliphatic hydroxyl groups is 1. The minimum absolute atomic E-state index is 0.0932. The van der Waals surface area contributed by atoms with Gasteiger partial charge in [0.05, 0.1) is 0 Å². The number of aliphatic hydroxyl groups excluding tert-OH is 1. The lowest BCUT2D eigenvalue weighted by molar-refractivity contribution is -0.0921. The van der Waals surface area contributed by atoms with Crippen LogP contribution in [0.2, 0.25) is 5.02 Å². The maximum atomic E-state index is 12.6. The van der Waals surface area contributed by atoms with Gasteiger partial charge in [-0.15, -0.1) is 0 Å². The van der Waals surface area contributed by atoms with Gasteiger partial charge in [0.1, 0.15) is 6.10 Å². The van der Waals surface area contributed by atoms with Crippen molar-refractivity contribution in [2.75, 3.05) is 0 Å². The molecule has 1 aromatic carbocycles. The van der Waals surface area contributed by atoms with Crippen molar-refractivity contribution < 1.29 is 13.9 Å². The van der Waals surface area contributed by atoms with Crippen LogP contribution < -0.4 is 0 Å². The second-order valence-electron chi connectivity index (χ2n) is 3.31. The topological polar surface area (TPSA) is 20.2 Å². The Morgan fingerprint density at radius 2 is 2.14 bits per heavy atom. The van der Waals surface area contributed by atoms with E-state index in [0.717, 1.165) is 0 Å². The van der Waals surface area contributed by atoms with Crippen molar-refractivity contribution >= 4 is 11.6 Å². The fourth-order valence-electron chi connectivity index (χ4n) is 1.07. The summed E-state index contributed by atoms with van der Waals surface area (Å²) in [4.78, 5) is 0. The Bertz CT molecular complexity index is 309. The Labute approximate surface area is 86.3 Å². The molecule has 0 fully saturated rings. The van der Waals surface area contributed by atoms with Crippen LogP contribution in [0.4, 0.5) is 8.78 Å². The third kappa shape index (κ3) is 3.24. The van der Waals surface area contributed by atoms with Crippen LogP contribution in [-0.2, 0) is 6.42 Å². The molecule has 0 saturated carbocycles. The molecule has 14 heavy (non-hydrogen) atoms. The minimum Gasteiger partial charge on any atom is -0.387 e. The molecule has 4 heteroatoms. The van der Waals surface area contributed by atoms with Crippen molar-refractivity contribution in [2.24, 2.45) is 0 Å². The molecule has 1 unspecified atom stereocenters. The van der Waals surface area contributed by atoms with E-state index in [0.29, 0.717) is 17.5 Å². The highest BCUT2D eigenvalue weighted by Crippen LogP contribution is 2.21. The predicted octanol–water partition coefficient (Wildman–Crippen LogP) is 2.90. The van der Waals surface area contributed by atoms with Gasteiger partial charge < -0.3 is 5.11 Å². The second kappa shape index (κ2) is 4.24. The van der Waals surface area contributed by atoms with Crippen molar-refractivity contribution in [3.8, 4) is 0 Å². The lowest BCUT2D eigenvalue weighted by atomic mass is 10.0. The van der Waals surface area contributed by atoms with E-state index in [1.54, 1.807) is 24.3 Å². The molecule has 0 saturated heterocycles. The number of alkyl halides is 2. The number of hydrogen-bond acceptors (Lipinski definition) is 1. The van der Waals surface area contributed by atoms with Crippen LogP contribution in [0.25, 0.3) is 0 Å². The molecule has 0 aliphatic carbocycles. The van der Waals surface area contributed by atoms with Crippen LogP contribution in [0.15, 0.2) is 24.3 Å². The van der Waals surface area contributed by atoms with E-state index in [4.69, 9.17) is 16.7 Å². The minimum atomic E-state index is -3.08. The quantitative estimate of drug-likeness (QED) is 0.831. The standard InChI is InChI=1S/C10H11ClF2O/c1-10(12,13)9(14)6-7-3-2-4-8(11)5-7/h2-5,9,14H,6H2,1H3. The van der Waals surface area contributed by atoms with Crippen LogP contribution in [0.5, 0.6) is 0 Å². The predicted molar refractivity (Wildman–Crippen MR) is 51.8 cm³/mol. The molecule has 0 heterocycles. The molecule has 1 atom stereocenters. The molecule has 78 valence electrons. The maximum Gasteiger partial charge on any atom is 0.271 e. The molecular weight excluding hydrogens is 210 g/mol.